The number of benzene rings is 1. The number of amides is 1. The van der Waals surface area contributed by atoms with Crippen molar-refractivity contribution in [2.45, 2.75) is 26.3 Å². The third kappa shape index (κ3) is 4.04. The van der Waals surface area contributed by atoms with E-state index in [9.17, 15) is 4.79 Å². The van der Waals surface area contributed by atoms with Crippen LogP contribution >= 0.6 is 0 Å². The highest BCUT2D eigenvalue weighted by atomic mass is 16.5. The Morgan fingerprint density at radius 2 is 2.11 bits per heavy atom. The van der Waals surface area contributed by atoms with Gasteiger partial charge in [0.2, 0.25) is 5.91 Å². The van der Waals surface area contributed by atoms with Crippen LogP contribution in [0.15, 0.2) is 24.3 Å². The number of nitrogens with zero attached hydrogens (tertiary/aromatic N) is 1. The minimum Gasteiger partial charge on any atom is -0.491 e. The van der Waals surface area contributed by atoms with Gasteiger partial charge in [-0.1, -0.05) is 25.1 Å². The maximum Gasteiger partial charge on any atom is 0.239 e. The molecule has 1 amide bonds. The fourth-order valence-corrected chi connectivity index (χ4v) is 1.58. The van der Waals surface area contributed by atoms with Crippen molar-refractivity contribution >= 4 is 5.91 Å². The first-order chi connectivity index (χ1) is 8.56. The Kier molecular flexibility index (Phi) is 5.65. The predicted molar refractivity (Wildman–Crippen MR) is 72.6 cm³/mol. The average molecular weight is 250 g/mol. The molecule has 1 atom stereocenters. The minimum absolute atomic E-state index is 0.0362. The third-order valence-electron chi connectivity index (χ3n) is 2.91. The van der Waals surface area contributed by atoms with Gasteiger partial charge in [-0.05, 0) is 25.0 Å². The number of nitrogens with two attached hydrogens (primary N) is 1. The molecule has 100 valence electrons. The molecule has 0 spiro atoms. The van der Waals surface area contributed by atoms with Gasteiger partial charge in [-0.25, -0.2) is 0 Å². The van der Waals surface area contributed by atoms with Crippen LogP contribution in [0.3, 0.4) is 0 Å². The van der Waals surface area contributed by atoms with Gasteiger partial charge in [0.1, 0.15) is 12.4 Å². The van der Waals surface area contributed by atoms with E-state index in [1.807, 2.05) is 38.1 Å². The number of para-hydroxylation sites is 1. The van der Waals surface area contributed by atoms with E-state index >= 15 is 0 Å². The Bertz CT molecular complexity index is 393. The first-order valence-electron chi connectivity index (χ1n) is 6.25. The quantitative estimate of drug-likeness (QED) is 0.833. The summed E-state index contributed by atoms with van der Waals surface area (Å²) in [4.78, 5) is 13.3. The highest BCUT2D eigenvalue weighted by Gasteiger charge is 2.15. The lowest BCUT2D eigenvalue weighted by Crippen LogP contribution is -2.42. The van der Waals surface area contributed by atoms with Crippen molar-refractivity contribution in [2.24, 2.45) is 5.73 Å². The minimum atomic E-state index is -0.409. The van der Waals surface area contributed by atoms with Crippen LogP contribution in [-0.4, -0.2) is 37.0 Å². The van der Waals surface area contributed by atoms with Gasteiger partial charge in [0, 0.05) is 7.05 Å². The summed E-state index contributed by atoms with van der Waals surface area (Å²) in [5.74, 6) is 0.823. The van der Waals surface area contributed by atoms with Crippen LogP contribution in [0.5, 0.6) is 5.75 Å². The molecule has 0 fully saturated rings. The summed E-state index contributed by atoms with van der Waals surface area (Å²) in [6, 6.07) is 7.42. The SMILES string of the molecule is CC[C@H](N)C(=O)N(C)CCOc1ccccc1C. The zero-order chi connectivity index (χ0) is 13.5. The van der Waals surface area contributed by atoms with E-state index in [1.165, 1.54) is 0 Å². The van der Waals surface area contributed by atoms with Crippen molar-refractivity contribution in [3.63, 3.8) is 0 Å². The predicted octanol–water partition coefficient (Wildman–Crippen LogP) is 1.57. The Balaban J connectivity index is 2.38. The highest BCUT2D eigenvalue weighted by molar-refractivity contribution is 5.81. The van der Waals surface area contributed by atoms with Gasteiger partial charge < -0.3 is 15.4 Å². The van der Waals surface area contributed by atoms with Gasteiger partial charge in [-0.15, -0.1) is 0 Å². The van der Waals surface area contributed by atoms with Crippen LogP contribution < -0.4 is 10.5 Å². The van der Waals surface area contributed by atoms with Crippen LogP contribution in [0.2, 0.25) is 0 Å². The molecule has 0 aliphatic rings. The molecule has 0 bridgehead atoms. The molecule has 18 heavy (non-hydrogen) atoms. The van der Waals surface area contributed by atoms with Gasteiger partial charge in [-0.3, -0.25) is 4.79 Å². The maximum atomic E-state index is 11.7. The molecular formula is C14H22N2O2. The molecule has 2 N–H and O–H groups in total. The molecular weight excluding hydrogens is 228 g/mol. The highest BCUT2D eigenvalue weighted by Crippen LogP contribution is 2.15. The number of aryl methyl sites for hydroxylation is 1. The number of likely N-dealkylation sites (N-methyl/N-ethyl adjacent to an activating group) is 1. The molecule has 4 nitrogen and oxygen atoms in total. The second-order valence-electron chi connectivity index (χ2n) is 4.39. The van der Waals surface area contributed by atoms with Gasteiger partial charge in [0.15, 0.2) is 0 Å². The lowest BCUT2D eigenvalue weighted by atomic mass is 10.2. The monoisotopic (exact) mass is 250 g/mol. The normalized spacial score (nSPS) is 12.0. The standard InChI is InChI=1S/C14H22N2O2/c1-4-12(15)14(17)16(3)9-10-18-13-8-6-5-7-11(13)2/h5-8,12H,4,9-10,15H2,1-3H3/t12-/m0/s1. The summed E-state index contributed by atoms with van der Waals surface area (Å²) in [6.45, 7) is 4.92. The number of ether oxygens (including phenoxy) is 1. The number of carbonyl (C=O) groups is 1. The van der Waals surface area contributed by atoms with Crippen LogP contribution in [0.25, 0.3) is 0 Å². The Labute approximate surface area is 109 Å². The molecule has 0 heterocycles. The second kappa shape index (κ2) is 7.01. The Morgan fingerprint density at radius 3 is 2.72 bits per heavy atom. The van der Waals surface area contributed by atoms with E-state index in [2.05, 4.69) is 0 Å². The molecule has 1 rings (SSSR count). The van der Waals surface area contributed by atoms with Gasteiger partial charge in [0.05, 0.1) is 12.6 Å². The average Bonchev–Trinajstić information content (AvgIpc) is 2.39. The first-order valence-corrected chi connectivity index (χ1v) is 6.25. The van der Waals surface area contributed by atoms with Crippen LogP contribution in [0.4, 0.5) is 0 Å². The summed E-state index contributed by atoms with van der Waals surface area (Å²) in [5, 5.41) is 0. The molecule has 1 aromatic carbocycles. The summed E-state index contributed by atoms with van der Waals surface area (Å²) < 4.78 is 5.64. The van der Waals surface area contributed by atoms with Crippen molar-refractivity contribution in [1.29, 1.82) is 0 Å². The zero-order valence-corrected chi connectivity index (χ0v) is 11.3. The first kappa shape index (κ1) is 14.5. The smallest absolute Gasteiger partial charge is 0.239 e. The number of hydrogen-bond acceptors (Lipinski definition) is 3. The molecule has 0 saturated heterocycles. The van der Waals surface area contributed by atoms with Crippen molar-refractivity contribution in [2.75, 3.05) is 20.2 Å². The molecule has 4 heteroatoms. The fraction of sp³-hybridized carbons (Fsp3) is 0.500. The summed E-state index contributed by atoms with van der Waals surface area (Å²) in [5.41, 5.74) is 6.79. The fourth-order valence-electron chi connectivity index (χ4n) is 1.58. The summed E-state index contributed by atoms with van der Waals surface area (Å²) in [6.07, 6.45) is 0.655. The van der Waals surface area contributed by atoms with E-state index in [0.717, 1.165) is 11.3 Å². The van der Waals surface area contributed by atoms with E-state index in [0.29, 0.717) is 19.6 Å². The van der Waals surface area contributed by atoms with Gasteiger partial charge >= 0.3 is 0 Å². The number of hydrogen-bond donors (Lipinski definition) is 1. The van der Waals surface area contributed by atoms with Crippen molar-refractivity contribution < 1.29 is 9.53 Å². The van der Waals surface area contributed by atoms with E-state index in [4.69, 9.17) is 10.5 Å². The van der Waals surface area contributed by atoms with E-state index in [1.54, 1.807) is 11.9 Å². The molecule has 0 saturated carbocycles. The Morgan fingerprint density at radius 1 is 1.44 bits per heavy atom. The summed E-state index contributed by atoms with van der Waals surface area (Å²) in [7, 11) is 1.75. The van der Waals surface area contributed by atoms with Crippen LogP contribution in [-0.2, 0) is 4.79 Å². The molecule has 1 aromatic rings. The molecule has 0 radical (unpaired) electrons. The lowest BCUT2D eigenvalue weighted by Gasteiger charge is -2.20. The Hall–Kier alpha value is -1.55. The van der Waals surface area contributed by atoms with Gasteiger partial charge in [-0.2, -0.15) is 0 Å². The van der Waals surface area contributed by atoms with Crippen LogP contribution in [0.1, 0.15) is 18.9 Å². The molecule has 0 aromatic heterocycles. The molecule has 0 aliphatic heterocycles. The zero-order valence-electron chi connectivity index (χ0n) is 11.3. The van der Waals surface area contributed by atoms with Crippen molar-refractivity contribution in [1.82, 2.24) is 4.90 Å². The maximum absolute atomic E-state index is 11.7. The second-order valence-corrected chi connectivity index (χ2v) is 4.39. The van der Waals surface area contributed by atoms with Crippen molar-refractivity contribution in [3.8, 4) is 5.75 Å². The topological polar surface area (TPSA) is 55.6 Å². The number of rotatable bonds is 6. The number of carbonyl (C=O) groups excluding carboxylic acids is 1. The van der Waals surface area contributed by atoms with Crippen LogP contribution in [0, 0.1) is 6.92 Å². The van der Waals surface area contributed by atoms with Crippen molar-refractivity contribution in [3.05, 3.63) is 29.8 Å². The largest absolute Gasteiger partial charge is 0.491 e. The van der Waals surface area contributed by atoms with Gasteiger partial charge in [0.25, 0.3) is 0 Å². The lowest BCUT2D eigenvalue weighted by molar-refractivity contribution is -0.131. The van der Waals surface area contributed by atoms with E-state index < -0.39 is 6.04 Å². The van der Waals surface area contributed by atoms with E-state index in [-0.39, 0.29) is 5.91 Å². The molecule has 0 unspecified atom stereocenters. The molecule has 0 aliphatic carbocycles. The summed E-state index contributed by atoms with van der Waals surface area (Å²) >= 11 is 0. The third-order valence-corrected chi connectivity index (χ3v) is 2.91.